The van der Waals surface area contributed by atoms with Gasteiger partial charge in [-0.3, -0.25) is 0 Å². The van der Waals surface area contributed by atoms with Crippen LogP contribution in [0.5, 0.6) is 0 Å². The summed E-state index contributed by atoms with van der Waals surface area (Å²) < 4.78 is 184. The van der Waals surface area contributed by atoms with Gasteiger partial charge in [0.1, 0.15) is 11.6 Å². The third-order valence-corrected chi connectivity index (χ3v) is 8.94. The van der Waals surface area contributed by atoms with E-state index in [1.54, 1.807) is 0 Å². The van der Waals surface area contributed by atoms with Crippen molar-refractivity contribution in [1.29, 1.82) is 0 Å². The van der Waals surface area contributed by atoms with Crippen molar-refractivity contribution < 1.29 is 57.1 Å². The lowest BCUT2D eigenvalue weighted by Gasteiger charge is -2.37. The van der Waals surface area contributed by atoms with Crippen LogP contribution in [0, 0.1) is 13.8 Å². The van der Waals surface area contributed by atoms with Crippen LogP contribution in [0.3, 0.4) is 0 Å². The minimum Gasteiger partial charge on any atom is -0.328 e. The lowest BCUT2D eigenvalue weighted by molar-refractivity contribution is -0.138. The molecule has 15 heteroatoms. The highest BCUT2D eigenvalue weighted by Crippen LogP contribution is 2.48. The predicted molar refractivity (Wildman–Crippen MR) is 187 cm³/mol. The first-order valence-corrected chi connectivity index (χ1v) is 16.5. The summed E-state index contributed by atoms with van der Waals surface area (Å²) in [6.45, 7) is 2.83. The summed E-state index contributed by atoms with van der Waals surface area (Å²) in [6, 6.07) is 22.2. The van der Waals surface area contributed by atoms with Crippen LogP contribution in [0.1, 0.15) is 22.3 Å². The van der Waals surface area contributed by atoms with Crippen LogP contribution in [-0.2, 0) is 12.4 Å². The molecule has 5 aromatic carbocycles. The standard InChI is InChI=1S/C41H27F13N2/c1-22-16-26(39(46,47)48)20-31(18-22)55(32-19-23(2)17-27(21-32)40(49,50)51)29-12-8-24(9-13-29)25-10-14-30(15-11-25)56(28-6-4-3-5-7-28)38-36(44)34(42)33(41(52,53)54)35(43)37(38)45/h3-21,36,38H,1-2H3. The van der Waals surface area contributed by atoms with E-state index in [0.717, 1.165) is 29.2 Å². The van der Waals surface area contributed by atoms with E-state index in [1.165, 1.54) is 110 Å². The molecule has 0 amide bonds. The second-order valence-electron chi connectivity index (χ2n) is 13.0. The van der Waals surface area contributed by atoms with Crippen LogP contribution in [0.2, 0.25) is 0 Å². The van der Waals surface area contributed by atoms with Gasteiger partial charge in [-0.1, -0.05) is 42.5 Å². The topological polar surface area (TPSA) is 6.48 Å². The lowest BCUT2D eigenvalue weighted by Crippen LogP contribution is -2.43. The van der Waals surface area contributed by atoms with Crippen molar-refractivity contribution in [1.82, 2.24) is 0 Å². The Hall–Kier alpha value is -5.73. The van der Waals surface area contributed by atoms with Crippen LogP contribution in [0.25, 0.3) is 11.1 Å². The average Bonchev–Trinajstić information content (AvgIpc) is 3.12. The molecule has 2 nitrogen and oxygen atoms in total. The van der Waals surface area contributed by atoms with Gasteiger partial charge in [-0.15, -0.1) is 0 Å². The summed E-state index contributed by atoms with van der Waals surface area (Å²) >= 11 is 0. The van der Waals surface area contributed by atoms with Crippen molar-refractivity contribution >= 4 is 28.4 Å². The number of nitrogens with zero attached hydrogens (tertiary/aromatic N) is 2. The van der Waals surface area contributed by atoms with E-state index in [4.69, 9.17) is 0 Å². The van der Waals surface area contributed by atoms with Crippen molar-refractivity contribution in [2.45, 2.75) is 44.6 Å². The Labute approximate surface area is 311 Å². The Balaban J connectivity index is 1.40. The predicted octanol–water partition coefficient (Wildman–Crippen LogP) is 14.3. The first-order valence-electron chi connectivity index (χ1n) is 16.5. The molecule has 5 aromatic rings. The first kappa shape index (κ1) is 39.9. The molecule has 6 rings (SSSR count). The maximum atomic E-state index is 15.4. The van der Waals surface area contributed by atoms with Gasteiger partial charge in [-0.2, -0.15) is 39.5 Å². The summed E-state index contributed by atoms with van der Waals surface area (Å²) in [5.74, 6) is -7.28. The quantitative estimate of drug-likeness (QED) is 0.151. The van der Waals surface area contributed by atoms with E-state index in [9.17, 15) is 48.3 Å². The maximum Gasteiger partial charge on any atom is 0.421 e. The van der Waals surface area contributed by atoms with E-state index >= 15 is 8.78 Å². The van der Waals surface area contributed by atoms with E-state index in [1.807, 2.05) is 0 Å². The van der Waals surface area contributed by atoms with Crippen molar-refractivity contribution in [3.05, 3.63) is 161 Å². The third kappa shape index (κ3) is 7.98. The molecule has 0 aromatic heterocycles. The first-order chi connectivity index (χ1) is 26.1. The average molecular weight is 795 g/mol. The molecule has 0 bridgehead atoms. The molecule has 292 valence electrons. The Morgan fingerprint density at radius 2 is 0.893 bits per heavy atom. The molecular weight excluding hydrogens is 767 g/mol. The van der Waals surface area contributed by atoms with Gasteiger partial charge in [0.2, 0.25) is 0 Å². The number of aryl methyl sites for hydroxylation is 2. The monoisotopic (exact) mass is 794 g/mol. The molecule has 0 saturated carbocycles. The van der Waals surface area contributed by atoms with Gasteiger partial charge in [-0.25, -0.2) is 17.6 Å². The number of hydrogen-bond acceptors (Lipinski definition) is 2. The molecule has 56 heavy (non-hydrogen) atoms. The number of alkyl halides is 10. The third-order valence-electron chi connectivity index (χ3n) is 8.94. The Morgan fingerprint density at radius 1 is 0.464 bits per heavy atom. The molecule has 0 N–H and O–H groups in total. The van der Waals surface area contributed by atoms with Crippen molar-refractivity contribution in [2.75, 3.05) is 9.80 Å². The molecule has 0 saturated heterocycles. The largest absolute Gasteiger partial charge is 0.421 e. The fraction of sp³-hybridized carbons (Fsp3) is 0.171. The zero-order chi connectivity index (χ0) is 40.9. The lowest BCUT2D eigenvalue weighted by atomic mass is 9.94. The van der Waals surface area contributed by atoms with Gasteiger partial charge in [0.25, 0.3) is 0 Å². The maximum absolute atomic E-state index is 15.4. The van der Waals surface area contributed by atoms with E-state index in [-0.39, 0.29) is 39.6 Å². The highest BCUT2D eigenvalue weighted by Gasteiger charge is 2.51. The van der Waals surface area contributed by atoms with Gasteiger partial charge >= 0.3 is 18.5 Å². The number of halogens is 13. The smallest absolute Gasteiger partial charge is 0.328 e. The van der Waals surface area contributed by atoms with Crippen LogP contribution < -0.4 is 9.80 Å². The SMILES string of the molecule is Cc1cc(N(c2ccc(-c3ccc(N(c4ccccc4)C4C(F)=C(F)C(C(F)(F)F)=C(F)C4F)cc3)cc2)c2cc(C)cc(C(F)(F)F)c2)cc(C(F)(F)F)c1. The number of para-hydroxylation sites is 1. The number of rotatable bonds is 7. The highest BCUT2D eigenvalue weighted by atomic mass is 19.4. The highest BCUT2D eigenvalue weighted by molar-refractivity contribution is 5.80. The van der Waals surface area contributed by atoms with Crippen LogP contribution in [0.15, 0.2) is 138 Å². The Morgan fingerprint density at radius 3 is 1.32 bits per heavy atom. The minimum absolute atomic E-state index is 0.0155. The molecule has 0 spiro atoms. The summed E-state index contributed by atoms with van der Waals surface area (Å²) in [5.41, 5.74) is -3.50. The second kappa shape index (κ2) is 14.7. The van der Waals surface area contributed by atoms with Gasteiger partial charge in [0.15, 0.2) is 23.7 Å². The Kier molecular flexibility index (Phi) is 10.5. The number of benzene rings is 5. The molecule has 2 atom stereocenters. The zero-order valence-corrected chi connectivity index (χ0v) is 28.9. The summed E-state index contributed by atoms with van der Waals surface area (Å²) in [7, 11) is 0. The summed E-state index contributed by atoms with van der Waals surface area (Å²) in [5, 5.41) is 0. The van der Waals surface area contributed by atoms with Crippen LogP contribution in [0.4, 0.5) is 85.5 Å². The molecular formula is C41H27F13N2. The number of allylic oxidation sites excluding steroid dienone is 2. The van der Waals surface area contributed by atoms with Crippen LogP contribution >= 0.6 is 0 Å². The summed E-state index contributed by atoms with van der Waals surface area (Å²) in [4.78, 5) is 2.05. The Bertz CT molecular complexity index is 2230. The zero-order valence-electron chi connectivity index (χ0n) is 28.9. The molecule has 0 fully saturated rings. The number of anilines is 5. The summed E-state index contributed by atoms with van der Waals surface area (Å²) in [6.07, 6.45) is -18.5. The van der Waals surface area contributed by atoms with Gasteiger partial charge in [0.05, 0.1) is 11.1 Å². The van der Waals surface area contributed by atoms with Gasteiger partial charge < -0.3 is 9.80 Å². The normalized spacial score (nSPS) is 16.7. The van der Waals surface area contributed by atoms with Crippen LogP contribution in [-0.4, -0.2) is 18.4 Å². The van der Waals surface area contributed by atoms with E-state index < -0.39 is 64.9 Å². The van der Waals surface area contributed by atoms with E-state index in [2.05, 4.69) is 0 Å². The second-order valence-corrected chi connectivity index (χ2v) is 13.0. The van der Waals surface area contributed by atoms with Gasteiger partial charge in [-0.05, 0) is 109 Å². The molecule has 1 aliphatic carbocycles. The van der Waals surface area contributed by atoms with E-state index in [0.29, 0.717) is 11.1 Å². The number of hydrogen-bond donors (Lipinski definition) is 0. The van der Waals surface area contributed by atoms with Crippen molar-refractivity contribution in [3.8, 4) is 11.1 Å². The molecule has 0 heterocycles. The van der Waals surface area contributed by atoms with Crippen molar-refractivity contribution in [3.63, 3.8) is 0 Å². The fourth-order valence-electron chi connectivity index (χ4n) is 6.50. The minimum atomic E-state index is -5.72. The molecule has 1 aliphatic rings. The molecule has 0 aliphatic heterocycles. The fourth-order valence-corrected chi connectivity index (χ4v) is 6.50. The molecule has 2 unspecified atom stereocenters. The van der Waals surface area contributed by atoms with Gasteiger partial charge in [0, 0.05) is 28.4 Å². The van der Waals surface area contributed by atoms with Crippen molar-refractivity contribution in [2.24, 2.45) is 0 Å². The molecule has 0 radical (unpaired) electrons.